The van der Waals surface area contributed by atoms with Crippen molar-refractivity contribution in [3.05, 3.63) is 53.7 Å². The Balaban J connectivity index is 1.96. The molecule has 0 aliphatic rings. The van der Waals surface area contributed by atoms with Crippen LogP contribution in [-0.4, -0.2) is 23.8 Å². The second kappa shape index (κ2) is 7.17. The van der Waals surface area contributed by atoms with Gasteiger partial charge in [0.2, 0.25) is 5.88 Å². The zero-order chi connectivity index (χ0) is 14.2. The second-order valence-electron chi connectivity index (χ2n) is 3.94. The summed E-state index contributed by atoms with van der Waals surface area (Å²) in [5, 5.41) is 8.62. The Labute approximate surface area is 118 Å². The van der Waals surface area contributed by atoms with Gasteiger partial charge in [-0.05, 0) is 30.3 Å². The van der Waals surface area contributed by atoms with Crippen LogP contribution < -0.4 is 9.47 Å². The molecule has 4 nitrogen and oxygen atoms in total. The third-order valence-corrected chi connectivity index (χ3v) is 2.54. The molecule has 1 aromatic carbocycles. The quantitative estimate of drug-likeness (QED) is 0.863. The maximum absolute atomic E-state index is 8.62. The fourth-order valence-corrected chi connectivity index (χ4v) is 1.59. The van der Waals surface area contributed by atoms with Crippen LogP contribution in [0.3, 0.4) is 0 Å². The predicted octanol–water partition coefficient (Wildman–Crippen LogP) is 2.01. The summed E-state index contributed by atoms with van der Waals surface area (Å²) in [6, 6.07) is 12.9. The van der Waals surface area contributed by atoms with Crippen LogP contribution in [0.25, 0.3) is 0 Å². The predicted molar refractivity (Wildman–Crippen MR) is 75.5 cm³/mol. The van der Waals surface area contributed by atoms with Gasteiger partial charge >= 0.3 is 0 Å². The van der Waals surface area contributed by atoms with Crippen LogP contribution in [0, 0.1) is 11.8 Å². The number of aliphatic hydroxyl groups is 1. The van der Waals surface area contributed by atoms with E-state index in [2.05, 4.69) is 16.8 Å². The van der Waals surface area contributed by atoms with E-state index in [0.29, 0.717) is 12.5 Å². The molecule has 0 amide bonds. The molecule has 0 radical (unpaired) electrons. The first-order valence-electron chi connectivity index (χ1n) is 6.14. The first-order chi connectivity index (χ1) is 9.81. The molecular weight excluding hydrogens is 254 g/mol. The van der Waals surface area contributed by atoms with Crippen molar-refractivity contribution in [2.75, 3.05) is 13.7 Å². The molecule has 0 spiro atoms. The second-order valence-corrected chi connectivity index (χ2v) is 3.94. The molecule has 102 valence electrons. The minimum Gasteiger partial charge on any atom is -0.487 e. The summed E-state index contributed by atoms with van der Waals surface area (Å²) in [4.78, 5) is 4.27. The van der Waals surface area contributed by atoms with E-state index in [-0.39, 0.29) is 6.61 Å². The molecule has 2 aromatic rings. The van der Waals surface area contributed by atoms with Crippen LogP contribution in [0.4, 0.5) is 0 Å². The van der Waals surface area contributed by atoms with Gasteiger partial charge in [-0.1, -0.05) is 17.9 Å². The van der Waals surface area contributed by atoms with Crippen LogP contribution in [0.15, 0.2) is 42.5 Å². The van der Waals surface area contributed by atoms with Gasteiger partial charge in [-0.25, -0.2) is 4.98 Å². The van der Waals surface area contributed by atoms with E-state index in [9.17, 15) is 0 Å². The number of ether oxygens (including phenoxy) is 2. The number of rotatable bonds is 4. The number of benzene rings is 1. The summed E-state index contributed by atoms with van der Waals surface area (Å²) in [6.45, 7) is 0.235. The van der Waals surface area contributed by atoms with Crippen molar-refractivity contribution >= 4 is 0 Å². The zero-order valence-electron chi connectivity index (χ0n) is 11.2. The van der Waals surface area contributed by atoms with Crippen molar-refractivity contribution in [2.24, 2.45) is 0 Å². The number of aliphatic hydroxyl groups excluding tert-OH is 1. The summed E-state index contributed by atoms with van der Waals surface area (Å²) in [5.41, 5.74) is 1.64. The molecular formula is C16H15NO3. The summed E-state index contributed by atoms with van der Waals surface area (Å²) in [6.07, 6.45) is 0. The van der Waals surface area contributed by atoms with E-state index >= 15 is 0 Å². The number of aromatic nitrogens is 1. The maximum Gasteiger partial charge on any atom is 0.213 e. The molecule has 0 saturated heterocycles. The largest absolute Gasteiger partial charge is 0.487 e. The van der Waals surface area contributed by atoms with Gasteiger partial charge < -0.3 is 14.6 Å². The number of pyridine rings is 1. The number of methoxy groups -OCH3 is 1. The van der Waals surface area contributed by atoms with Gasteiger partial charge in [0.25, 0.3) is 0 Å². The minimum atomic E-state index is -0.139. The highest BCUT2D eigenvalue weighted by Gasteiger charge is 1.99. The van der Waals surface area contributed by atoms with Gasteiger partial charge in [-0.15, -0.1) is 0 Å². The van der Waals surface area contributed by atoms with Gasteiger partial charge in [0.05, 0.1) is 12.8 Å². The first-order valence-corrected chi connectivity index (χ1v) is 6.14. The van der Waals surface area contributed by atoms with E-state index < -0.39 is 0 Å². The SMILES string of the molecule is COc1cccc(COc2ccc(C#CCO)cc2)n1. The fourth-order valence-electron chi connectivity index (χ4n) is 1.59. The summed E-state index contributed by atoms with van der Waals surface area (Å²) in [5.74, 6) is 6.73. The van der Waals surface area contributed by atoms with E-state index in [1.54, 1.807) is 13.2 Å². The Morgan fingerprint density at radius 2 is 1.95 bits per heavy atom. The molecule has 0 saturated carbocycles. The number of hydrogen-bond acceptors (Lipinski definition) is 4. The van der Waals surface area contributed by atoms with Gasteiger partial charge in [-0.2, -0.15) is 0 Å². The Hall–Kier alpha value is -2.51. The molecule has 2 rings (SSSR count). The Morgan fingerprint density at radius 1 is 1.15 bits per heavy atom. The van der Waals surface area contributed by atoms with Crippen LogP contribution in [0.2, 0.25) is 0 Å². The third-order valence-electron chi connectivity index (χ3n) is 2.54. The monoisotopic (exact) mass is 269 g/mol. The molecule has 1 N–H and O–H groups in total. The van der Waals surface area contributed by atoms with Gasteiger partial charge in [0, 0.05) is 11.6 Å². The van der Waals surface area contributed by atoms with Gasteiger partial charge in [0.1, 0.15) is 19.0 Å². The van der Waals surface area contributed by atoms with Crippen molar-refractivity contribution in [1.82, 2.24) is 4.98 Å². The highest BCUT2D eigenvalue weighted by atomic mass is 16.5. The van der Waals surface area contributed by atoms with Crippen LogP contribution in [-0.2, 0) is 6.61 Å². The van der Waals surface area contributed by atoms with Crippen LogP contribution in [0.5, 0.6) is 11.6 Å². The van der Waals surface area contributed by atoms with E-state index in [1.807, 2.05) is 36.4 Å². The maximum atomic E-state index is 8.62. The topological polar surface area (TPSA) is 51.6 Å². The molecule has 1 heterocycles. The lowest BCUT2D eigenvalue weighted by Crippen LogP contribution is -1.99. The zero-order valence-corrected chi connectivity index (χ0v) is 11.2. The first kappa shape index (κ1) is 13.9. The molecule has 0 fully saturated rings. The fraction of sp³-hybridized carbons (Fsp3) is 0.188. The molecule has 0 aliphatic carbocycles. The number of nitrogens with zero attached hydrogens (tertiary/aromatic N) is 1. The van der Waals surface area contributed by atoms with Crippen molar-refractivity contribution in [3.8, 4) is 23.5 Å². The van der Waals surface area contributed by atoms with Crippen molar-refractivity contribution in [2.45, 2.75) is 6.61 Å². The molecule has 20 heavy (non-hydrogen) atoms. The van der Waals surface area contributed by atoms with E-state index in [1.165, 1.54) is 0 Å². The van der Waals surface area contributed by atoms with Crippen molar-refractivity contribution < 1.29 is 14.6 Å². The normalized spacial score (nSPS) is 9.50. The van der Waals surface area contributed by atoms with Crippen molar-refractivity contribution in [1.29, 1.82) is 0 Å². The summed E-state index contributed by atoms with van der Waals surface area (Å²) in [7, 11) is 1.58. The molecule has 0 bridgehead atoms. The average Bonchev–Trinajstić information content (AvgIpc) is 2.52. The smallest absolute Gasteiger partial charge is 0.213 e. The molecule has 4 heteroatoms. The van der Waals surface area contributed by atoms with E-state index in [4.69, 9.17) is 14.6 Å². The van der Waals surface area contributed by atoms with Gasteiger partial charge in [0.15, 0.2) is 0 Å². The van der Waals surface area contributed by atoms with Crippen LogP contribution >= 0.6 is 0 Å². The Bertz CT molecular complexity index is 612. The third kappa shape index (κ3) is 4.01. The van der Waals surface area contributed by atoms with Crippen molar-refractivity contribution in [3.63, 3.8) is 0 Å². The number of hydrogen-bond donors (Lipinski definition) is 1. The Kier molecular flexibility index (Phi) is 4.99. The summed E-state index contributed by atoms with van der Waals surface area (Å²) < 4.78 is 10.7. The molecule has 0 atom stereocenters. The average molecular weight is 269 g/mol. The highest BCUT2D eigenvalue weighted by Crippen LogP contribution is 2.14. The van der Waals surface area contributed by atoms with Gasteiger partial charge in [-0.3, -0.25) is 0 Å². The van der Waals surface area contributed by atoms with E-state index in [0.717, 1.165) is 17.0 Å². The highest BCUT2D eigenvalue weighted by molar-refractivity contribution is 5.38. The van der Waals surface area contributed by atoms with Crippen LogP contribution in [0.1, 0.15) is 11.3 Å². The lowest BCUT2D eigenvalue weighted by molar-refractivity contribution is 0.298. The lowest BCUT2D eigenvalue weighted by Gasteiger charge is -2.06. The lowest BCUT2D eigenvalue weighted by atomic mass is 10.2. The molecule has 1 aromatic heterocycles. The Morgan fingerprint density at radius 3 is 2.65 bits per heavy atom. The summed E-state index contributed by atoms with van der Waals surface area (Å²) >= 11 is 0. The minimum absolute atomic E-state index is 0.139. The molecule has 0 unspecified atom stereocenters. The standard InChI is InChI=1S/C16H15NO3/c1-19-16-6-2-5-14(17-16)12-20-15-9-7-13(8-10-15)4-3-11-18/h2,5-10,18H,11-12H2,1H3. The molecule has 0 aliphatic heterocycles.